The molecule has 1 atom stereocenters. The zero-order valence-electron chi connectivity index (χ0n) is 6.91. The van der Waals surface area contributed by atoms with Crippen LogP contribution in [0.25, 0.3) is 0 Å². The van der Waals surface area contributed by atoms with E-state index in [4.69, 9.17) is 5.73 Å². The fraction of sp³-hybridized carbons (Fsp3) is 0.375. The highest BCUT2D eigenvalue weighted by Crippen LogP contribution is 2.07. The number of nitrogens with one attached hydrogen (secondary N) is 1. The molecule has 1 aromatic rings. The average Bonchev–Trinajstić information content (AvgIpc) is 2.51. The first-order valence-corrected chi connectivity index (χ1v) is 4.65. The molecule has 1 amide bonds. The van der Waals surface area contributed by atoms with Crippen LogP contribution in [0.4, 0.5) is 0 Å². The first kappa shape index (κ1) is 9.22. The van der Waals surface area contributed by atoms with Crippen molar-refractivity contribution in [3.8, 4) is 0 Å². The van der Waals surface area contributed by atoms with Crippen LogP contribution in [0.2, 0.25) is 0 Å². The second-order valence-corrected chi connectivity index (χ2v) is 3.61. The molecule has 0 saturated heterocycles. The average molecular weight is 184 g/mol. The van der Waals surface area contributed by atoms with E-state index >= 15 is 0 Å². The van der Waals surface area contributed by atoms with Crippen LogP contribution in [-0.4, -0.2) is 18.5 Å². The number of nitrogens with two attached hydrogens (primary N) is 1. The quantitative estimate of drug-likeness (QED) is 0.731. The molecular weight excluding hydrogens is 172 g/mol. The highest BCUT2D eigenvalue weighted by Gasteiger charge is 2.05. The number of hydrogen-bond donors (Lipinski definition) is 2. The zero-order chi connectivity index (χ0) is 8.97. The molecule has 1 unspecified atom stereocenters. The van der Waals surface area contributed by atoms with Gasteiger partial charge in [0.2, 0.25) is 0 Å². The van der Waals surface area contributed by atoms with Crippen molar-refractivity contribution in [2.24, 2.45) is 5.73 Å². The molecule has 12 heavy (non-hydrogen) atoms. The Kier molecular flexibility index (Phi) is 3.25. The largest absolute Gasteiger partial charge is 0.350 e. The lowest BCUT2D eigenvalue weighted by Gasteiger charge is -2.05. The normalized spacial score (nSPS) is 12.5. The highest BCUT2D eigenvalue weighted by molar-refractivity contribution is 7.12. The molecule has 0 aliphatic rings. The SMILES string of the molecule is CC(N)CNC(=O)c1cccs1. The van der Waals surface area contributed by atoms with Crippen molar-refractivity contribution in [1.82, 2.24) is 5.32 Å². The second-order valence-electron chi connectivity index (χ2n) is 2.66. The summed E-state index contributed by atoms with van der Waals surface area (Å²) in [5.41, 5.74) is 5.48. The minimum absolute atomic E-state index is 0.00825. The minimum atomic E-state index is -0.0395. The molecule has 0 bridgehead atoms. The first-order chi connectivity index (χ1) is 5.70. The van der Waals surface area contributed by atoms with Crippen molar-refractivity contribution >= 4 is 17.2 Å². The van der Waals surface area contributed by atoms with Crippen molar-refractivity contribution in [3.63, 3.8) is 0 Å². The number of carbonyl (C=O) groups is 1. The first-order valence-electron chi connectivity index (χ1n) is 3.77. The van der Waals surface area contributed by atoms with Crippen molar-refractivity contribution in [2.45, 2.75) is 13.0 Å². The Morgan fingerprint density at radius 1 is 1.83 bits per heavy atom. The van der Waals surface area contributed by atoms with E-state index < -0.39 is 0 Å². The number of thiophene rings is 1. The maximum atomic E-state index is 11.3. The van der Waals surface area contributed by atoms with Crippen LogP contribution in [0, 0.1) is 0 Å². The van der Waals surface area contributed by atoms with Crippen LogP contribution in [0.1, 0.15) is 16.6 Å². The molecule has 1 aromatic heterocycles. The molecule has 0 radical (unpaired) electrons. The van der Waals surface area contributed by atoms with Crippen LogP contribution >= 0.6 is 11.3 Å². The van der Waals surface area contributed by atoms with Gasteiger partial charge in [-0.25, -0.2) is 0 Å². The Hall–Kier alpha value is -0.870. The van der Waals surface area contributed by atoms with Gasteiger partial charge >= 0.3 is 0 Å². The van der Waals surface area contributed by atoms with E-state index in [1.54, 1.807) is 6.07 Å². The molecule has 0 aliphatic heterocycles. The van der Waals surface area contributed by atoms with Gasteiger partial charge in [0.25, 0.3) is 5.91 Å². The zero-order valence-corrected chi connectivity index (χ0v) is 7.73. The molecular formula is C8H12N2OS. The summed E-state index contributed by atoms with van der Waals surface area (Å²) in [7, 11) is 0. The summed E-state index contributed by atoms with van der Waals surface area (Å²) in [6.07, 6.45) is 0. The molecule has 0 aliphatic carbocycles. The van der Waals surface area contributed by atoms with Gasteiger partial charge < -0.3 is 11.1 Å². The van der Waals surface area contributed by atoms with Crippen molar-refractivity contribution < 1.29 is 4.79 Å². The van der Waals surface area contributed by atoms with Gasteiger partial charge in [0.1, 0.15) is 0 Å². The molecule has 0 saturated carbocycles. The van der Waals surface area contributed by atoms with Gasteiger partial charge in [-0.05, 0) is 18.4 Å². The minimum Gasteiger partial charge on any atom is -0.350 e. The summed E-state index contributed by atoms with van der Waals surface area (Å²) in [5, 5.41) is 4.61. The van der Waals surface area contributed by atoms with Crippen LogP contribution in [0.3, 0.4) is 0 Å². The molecule has 0 aromatic carbocycles. The lowest BCUT2D eigenvalue weighted by molar-refractivity contribution is 0.0956. The molecule has 3 nitrogen and oxygen atoms in total. The van der Waals surface area contributed by atoms with Gasteiger partial charge in [-0.15, -0.1) is 11.3 Å². The third-order valence-corrected chi connectivity index (χ3v) is 2.20. The van der Waals surface area contributed by atoms with E-state index in [1.165, 1.54) is 11.3 Å². The molecule has 66 valence electrons. The summed E-state index contributed by atoms with van der Waals surface area (Å²) in [5.74, 6) is -0.0395. The maximum absolute atomic E-state index is 11.3. The monoisotopic (exact) mass is 184 g/mol. The van der Waals surface area contributed by atoms with Crippen molar-refractivity contribution in [3.05, 3.63) is 22.4 Å². The number of amides is 1. The fourth-order valence-electron chi connectivity index (χ4n) is 0.749. The van der Waals surface area contributed by atoms with E-state index in [9.17, 15) is 4.79 Å². The number of carbonyl (C=O) groups excluding carboxylic acids is 1. The van der Waals surface area contributed by atoms with E-state index in [1.807, 2.05) is 18.4 Å². The van der Waals surface area contributed by atoms with Crippen LogP contribution in [-0.2, 0) is 0 Å². The molecule has 3 N–H and O–H groups in total. The van der Waals surface area contributed by atoms with Gasteiger partial charge in [-0.1, -0.05) is 6.07 Å². The molecule has 0 spiro atoms. The van der Waals surface area contributed by atoms with Crippen LogP contribution < -0.4 is 11.1 Å². The van der Waals surface area contributed by atoms with Gasteiger partial charge in [0.15, 0.2) is 0 Å². The lowest BCUT2D eigenvalue weighted by atomic mass is 10.3. The standard InChI is InChI=1S/C8H12N2OS/c1-6(9)5-10-8(11)7-3-2-4-12-7/h2-4,6H,5,9H2,1H3,(H,10,11). The Morgan fingerprint density at radius 2 is 2.58 bits per heavy atom. The van der Waals surface area contributed by atoms with Crippen molar-refractivity contribution in [2.75, 3.05) is 6.54 Å². The maximum Gasteiger partial charge on any atom is 0.261 e. The third kappa shape index (κ3) is 2.64. The van der Waals surface area contributed by atoms with Gasteiger partial charge in [-0.3, -0.25) is 4.79 Å². The Morgan fingerprint density at radius 3 is 3.08 bits per heavy atom. The smallest absolute Gasteiger partial charge is 0.261 e. The fourth-order valence-corrected chi connectivity index (χ4v) is 1.39. The van der Waals surface area contributed by atoms with Crippen molar-refractivity contribution in [1.29, 1.82) is 0 Å². The van der Waals surface area contributed by atoms with Gasteiger partial charge in [0.05, 0.1) is 4.88 Å². The van der Waals surface area contributed by atoms with E-state index in [0.717, 1.165) is 4.88 Å². The highest BCUT2D eigenvalue weighted by atomic mass is 32.1. The molecule has 1 heterocycles. The van der Waals surface area contributed by atoms with Gasteiger partial charge in [-0.2, -0.15) is 0 Å². The van der Waals surface area contributed by atoms with Crippen LogP contribution in [0.15, 0.2) is 17.5 Å². The van der Waals surface area contributed by atoms with E-state index in [2.05, 4.69) is 5.32 Å². The predicted octanol–water partition coefficient (Wildman–Crippen LogP) is 0.825. The molecule has 4 heteroatoms. The van der Waals surface area contributed by atoms with Gasteiger partial charge in [0, 0.05) is 12.6 Å². The number of hydrogen-bond acceptors (Lipinski definition) is 3. The Bertz CT molecular complexity index is 244. The molecule has 0 fully saturated rings. The predicted molar refractivity (Wildman–Crippen MR) is 50.3 cm³/mol. The topological polar surface area (TPSA) is 55.1 Å². The van der Waals surface area contributed by atoms with E-state index in [-0.39, 0.29) is 11.9 Å². The summed E-state index contributed by atoms with van der Waals surface area (Å²) in [4.78, 5) is 12.0. The van der Waals surface area contributed by atoms with Crippen LogP contribution in [0.5, 0.6) is 0 Å². The summed E-state index contributed by atoms with van der Waals surface area (Å²) in [6.45, 7) is 2.38. The molecule has 1 rings (SSSR count). The Balaban J connectivity index is 2.40. The number of rotatable bonds is 3. The lowest BCUT2D eigenvalue weighted by Crippen LogP contribution is -2.34. The summed E-state index contributed by atoms with van der Waals surface area (Å²) in [6, 6.07) is 3.65. The summed E-state index contributed by atoms with van der Waals surface area (Å²) >= 11 is 1.43. The summed E-state index contributed by atoms with van der Waals surface area (Å²) < 4.78 is 0. The Labute approximate surface area is 75.6 Å². The third-order valence-electron chi connectivity index (χ3n) is 1.33. The second kappa shape index (κ2) is 4.23. The van der Waals surface area contributed by atoms with E-state index in [0.29, 0.717) is 6.54 Å².